The van der Waals surface area contributed by atoms with Gasteiger partial charge in [0.25, 0.3) is 0 Å². The minimum absolute atomic E-state index is 0.0723. The van der Waals surface area contributed by atoms with Crippen molar-refractivity contribution in [3.63, 3.8) is 0 Å². The maximum absolute atomic E-state index is 13.7. The number of hydrogen-bond donors (Lipinski definition) is 0. The molecule has 1 atom stereocenters. The molecule has 106 valence electrons. The number of carbonyl (C=O) groups is 1. The van der Waals surface area contributed by atoms with Gasteiger partial charge < -0.3 is 4.74 Å². The summed E-state index contributed by atoms with van der Waals surface area (Å²) in [6, 6.07) is 12.1. The lowest BCUT2D eigenvalue weighted by Crippen LogP contribution is -2.24. The number of ether oxygens (including phenoxy) is 1. The number of carbonyl (C=O) groups excluding carboxylic acids is 1. The molecule has 2 aromatic rings. The van der Waals surface area contributed by atoms with E-state index in [4.69, 9.17) is 21.6 Å². The van der Waals surface area contributed by atoms with Gasteiger partial charge in [0.05, 0.1) is 11.6 Å². The van der Waals surface area contributed by atoms with E-state index < -0.39 is 11.9 Å². The van der Waals surface area contributed by atoms with Crippen molar-refractivity contribution in [2.45, 2.75) is 13.0 Å². The first kappa shape index (κ1) is 15.0. The third-order valence-corrected chi connectivity index (χ3v) is 3.08. The highest BCUT2D eigenvalue weighted by atomic mass is 35.5. The molecule has 1 unspecified atom stereocenters. The molecule has 0 heterocycles. The Morgan fingerprint density at radius 1 is 1.33 bits per heavy atom. The van der Waals surface area contributed by atoms with Gasteiger partial charge in [-0.15, -0.1) is 0 Å². The van der Waals surface area contributed by atoms with E-state index in [1.54, 1.807) is 18.2 Å². The number of Topliss-reactive ketones (excluding diaryl/α,β-unsaturated/α-hetero) is 1. The highest BCUT2D eigenvalue weighted by Gasteiger charge is 2.18. The molecule has 0 fully saturated rings. The number of ketones is 1. The minimum Gasteiger partial charge on any atom is -0.479 e. The molecule has 2 rings (SSSR count). The van der Waals surface area contributed by atoms with Crippen LogP contribution < -0.4 is 4.74 Å². The van der Waals surface area contributed by atoms with Crippen molar-refractivity contribution in [3.8, 4) is 11.8 Å². The predicted octanol–water partition coefficient (Wildman–Crippen LogP) is 4.00. The zero-order valence-electron chi connectivity index (χ0n) is 11.1. The van der Waals surface area contributed by atoms with E-state index in [2.05, 4.69) is 0 Å². The highest BCUT2D eigenvalue weighted by Crippen LogP contribution is 2.21. The average Bonchev–Trinajstić information content (AvgIpc) is 2.48. The van der Waals surface area contributed by atoms with Crippen LogP contribution in [0.15, 0.2) is 42.5 Å². The van der Waals surface area contributed by atoms with E-state index >= 15 is 0 Å². The molecular weight excluding hydrogens is 293 g/mol. The second kappa shape index (κ2) is 6.38. The largest absolute Gasteiger partial charge is 0.479 e. The van der Waals surface area contributed by atoms with E-state index in [9.17, 15) is 9.18 Å². The van der Waals surface area contributed by atoms with Crippen LogP contribution in [0.5, 0.6) is 5.75 Å². The molecule has 5 heteroatoms. The fourth-order valence-electron chi connectivity index (χ4n) is 1.79. The van der Waals surface area contributed by atoms with Gasteiger partial charge in [-0.3, -0.25) is 4.79 Å². The van der Waals surface area contributed by atoms with Crippen LogP contribution in [-0.2, 0) is 0 Å². The number of benzene rings is 2. The Balaban J connectivity index is 2.16. The summed E-state index contributed by atoms with van der Waals surface area (Å²) in [6.07, 6.45) is -0.870. The summed E-state index contributed by atoms with van der Waals surface area (Å²) < 4.78 is 19.0. The molecule has 0 N–H and O–H groups in total. The van der Waals surface area contributed by atoms with Crippen molar-refractivity contribution in [2.24, 2.45) is 0 Å². The van der Waals surface area contributed by atoms with Gasteiger partial charge in [-0.2, -0.15) is 5.26 Å². The van der Waals surface area contributed by atoms with Gasteiger partial charge in [-0.05, 0) is 37.3 Å². The molecular formula is C16H11ClFNO2. The Morgan fingerprint density at radius 3 is 2.71 bits per heavy atom. The zero-order valence-corrected chi connectivity index (χ0v) is 11.9. The first-order valence-corrected chi connectivity index (χ1v) is 6.55. The molecule has 3 nitrogen and oxygen atoms in total. The van der Waals surface area contributed by atoms with Crippen LogP contribution in [0, 0.1) is 17.1 Å². The molecule has 0 aliphatic heterocycles. The van der Waals surface area contributed by atoms with E-state index in [0.29, 0.717) is 10.6 Å². The molecule has 0 bridgehead atoms. The Morgan fingerprint density at radius 2 is 2.10 bits per heavy atom. The summed E-state index contributed by atoms with van der Waals surface area (Å²) in [5.74, 6) is -1.06. The Kier molecular flexibility index (Phi) is 4.56. The molecule has 2 aromatic carbocycles. The molecule has 0 amide bonds. The standard InChI is InChI=1S/C16H11ClFNO2/c1-10(16(20)12-3-2-4-13(17)8-12)21-15-6-5-11(9-19)7-14(15)18/h2-8,10H,1H3. The molecule has 0 spiro atoms. The Bertz CT molecular complexity index is 724. The average molecular weight is 304 g/mol. The van der Waals surface area contributed by atoms with E-state index in [-0.39, 0.29) is 17.1 Å². The van der Waals surface area contributed by atoms with Gasteiger partial charge >= 0.3 is 0 Å². The lowest BCUT2D eigenvalue weighted by atomic mass is 10.1. The SMILES string of the molecule is CC(Oc1ccc(C#N)cc1F)C(=O)c1cccc(Cl)c1. The second-order valence-corrected chi connectivity index (χ2v) is 4.83. The number of nitrogens with zero attached hydrogens (tertiary/aromatic N) is 1. The number of hydrogen-bond acceptors (Lipinski definition) is 3. The van der Waals surface area contributed by atoms with E-state index in [0.717, 1.165) is 6.07 Å². The molecule has 0 radical (unpaired) electrons. The number of rotatable bonds is 4. The fourth-order valence-corrected chi connectivity index (χ4v) is 1.98. The normalized spacial score (nSPS) is 11.5. The van der Waals surface area contributed by atoms with Crippen LogP contribution in [-0.4, -0.2) is 11.9 Å². The van der Waals surface area contributed by atoms with Crippen molar-refractivity contribution in [1.82, 2.24) is 0 Å². The molecule has 0 aliphatic rings. The number of nitriles is 1. The number of halogens is 2. The molecule has 0 aliphatic carbocycles. The van der Waals surface area contributed by atoms with Gasteiger partial charge in [0.2, 0.25) is 5.78 Å². The third kappa shape index (κ3) is 3.59. The van der Waals surface area contributed by atoms with Crippen molar-refractivity contribution in [2.75, 3.05) is 0 Å². The zero-order chi connectivity index (χ0) is 15.4. The predicted molar refractivity (Wildman–Crippen MR) is 77.0 cm³/mol. The minimum atomic E-state index is -0.870. The lowest BCUT2D eigenvalue weighted by Gasteiger charge is -2.14. The second-order valence-electron chi connectivity index (χ2n) is 4.39. The van der Waals surface area contributed by atoms with Crippen LogP contribution in [0.3, 0.4) is 0 Å². The van der Waals surface area contributed by atoms with Gasteiger partial charge in [0, 0.05) is 10.6 Å². The molecule has 21 heavy (non-hydrogen) atoms. The van der Waals surface area contributed by atoms with E-state index in [1.807, 2.05) is 6.07 Å². The van der Waals surface area contributed by atoms with Crippen LogP contribution in [0.4, 0.5) is 4.39 Å². The molecule has 0 saturated carbocycles. The first-order valence-electron chi connectivity index (χ1n) is 6.17. The summed E-state index contributed by atoms with van der Waals surface area (Å²) in [5, 5.41) is 9.12. The van der Waals surface area contributed by atoms with Crippen molar-refractivity contribution in [3.05, 3.63) is 64.4 Å². The smallest absolute Gasteiger partial charge is 0.203 e. The maximum atomic E-state index is 13.7. The topological polar surface area (TPSA) is 50.1 Å². The lowest BCUT2D eigenvalue weighted by molar-refractivity contribution is 0.0812. The van der Waals surface area contributed by atoms with Crippen molar-refractivity contribution < 1.29 is 13.9 Å². The molecule has 0 aromatic heterocycles. The van der Waals surface area contributed by atoms with Gasteiger partial charge in [-0.1, -0.05) is 23.7 Å². The summed E-state index contributed by atoms with van der Waals surface area (Å²) in [7, 11) is 0. The van der Waals surface area contributed by atoms with Crippen LogP contribution >= 0.6 is 11.6 Å². The quantitative estimate of drug-likeness (QED) is 0.802. The summed E-state index contributed by atoms with van der Waals surface area (Å²) in [6.45, 7) is 1.53. The van der Waals surface area contributed by atoms with Gasteiger partial charge in [-0.25, -0.2) is 4.39 Å². The summed E-state index contributed by atoms with van der Waals surface area (Å²) in [5.41, 5.74) is 0.581. The van der Waals surface area contributed by atoms with E-state index in [1.165, 1.54) is 25.1 Å². The van der Waals surface area contributed by atoms with Crippen LogP contribution in [0.2, 0.25) is 5.02 Å². The van der Waals surface area contributed by atoms with Gasteiger partial charge in [0.1, 0.15) is 0 Å². The Hall–Kier alpha value is -2.38. The first-order chi connectivity index (χ1) is 10.0. The summed E-state index contributed by atoms with van der Waals surface area (Å²) in [4.78, 5) is 12.2. The van der Waals surface area contributed by atoms with Crippen molar-refractivity contribution in [1.29, 1.82) is 5.26 Å². The molecule has 0 saturated heterocycles. The third-order valence-electron chi connectivity index (χ3n) is 2.84. The van der Waals surface area contributed by atoms with Crippen LogP contribution in [0.1, 0.15) is 22.8 Å². The monoisotopic (exact) mass is 303 g/mol. The van der Waals surface area contributed by atoms with Crippen LogP contribution in [0.25, 0.3) is 0 Å². The summed E-state index contributed by atoms with van der Waals surface area (Å²) >= 11 is 5.83. The van der Waals surface area contributed by atoms with Crippen molar-refractivity contribution >= 4 is 17.4 Å². The highest BCUT2D eigenvalue weighted by molar-refractivity contribution is 6.31. The van der Waals surface area contributed by atoms with Gasteiger partial charge in [0.15, 0.2) is 17.7 Å². The Labute approximate surface area is 126 Å². The maximum Gasteiger partial charge on any atom is 0.203 e. The fraction of sp³-hybridized carbons (Fsp3) is 0.125.